The molecule has 0 bridgehead atoms. The summed E-state index contributed by atoms with van der Waals surface area (Å²) >= 11 is 0. The first-order valence-electron chi connectivity index (χ1n) is 15.8. The van der Waals surface area contributed by atoms with Crippen LogP contribution in [0.25, 0.3) is 28.0 Å². The van der Waals surface area contributed by atoms with Crippen molar-refractivity contribution >= 4 is 23.3 Å². The second-order valence-electron chi connectivity index (χ2n) is 13.2. The molecule has 1 saturated carbocycles. The molecule has 0 spiro atoms. The lowest BCUT2D eigenvalue weighted by Gasteiger charge is -2.28. The van der Waals surface area contributed by atoms with Gasteiger partial charge in [-0.1, -0.05) is 37.1 Å². The van der Waals surface area contributed by atoms with Crippen LogP contribution >= 0.6 is 0 Å². The zero-order chi connectivity index (χ0) is 31.0. The number of allylic oxidation sites excluding steroid dienone is 1. The minimum absolute atomic E-state index is 0.0803. The van der Waals surface area contributed by atoms with Gasteiger partial charge in [-0.05, 0) is 98.9 Å². The van der Waals surface area contributed by atoms with Crippen molar-refractivity contribution in [2.75, 3.05) is 13.7 Å². The average molecular weight is 595 g/mol. The lowest BCUT2D eigenvalue weighted by molar-refractivity contribution is 0.0265. The van der Waals surface area contributed by atoms with Gasteiger partial charge in [-0.2, -0.15) is 0 Å². The minimum Gasteiger partial charge on any atom is -0.465 e. The summed E-state index contributed by atoms with van der Waals surface area (Å²) in [6.45, 7) is 8.38. The normalized spacial score (nSPS) is 18.8. The van der Waals surface area contributed by atoms with Crippen molar-refractivity contribution in [3.8, 4) is 22.4 Å². The molecular formula is C36H42N4O4. The van der Waals surface area contributed by atoms with E-state index in [1.807, 2.05) is 51.4 Å². The van der Waals surface area contributed by atoms with Crippen LogP contribution in [0, 0.1) is 6.92 Å². The van der Waals surface area contributed by atoms with Crippen LogP contribution in [0.4, 0.5) is 4.79 Å². The number of H-pyrrole nitrogens is 1. The van der Waals surface area contributed by atoms with Gasteiger partial charge in [-0.3, -0.25) is 9.89 Å². The molecule has 2 fully saturated rings. The van der Waals surface area contributed by atoms with Crippen molar-refractivity contribution in [3.05, 3.63) is 71.3 Å². The summed E-state index contributed by atoms with van der Waals surface area (Å²) in [5.74, 6) is 1.23. The number of esters is 1. The van der Waals surface area contributed by atoms with Gasteiger partial charge in [-0.25, -0.2) is 14.6 Å². The molecule has 1 aliphatic carbocycles. The molecule has 1 amide bonds. The Morgan fingerprint density at radius 3 is 2.45 bits per heavy atom. The Balaban J connectivity index is 1.22. The average Bonchev–Trinajstić information content (AvgIpc) is 3.81. The lowest BCUT2D eigenvalue weighted by Crippen LogP contribution is -2.43. The largest absolute Gasteiger partial charge is 0.465 e. The summed E-state index contributed by atoms with van der Waals surface area (Å²) in [5.41, 5.74) is 7.80. The number of rotatable bonds is 6. The fourth-order valence-electron chi connectivity index (χ4n) is 6.76. The van der Waals surface area contributed by atoms with Gasteiger partial charge in [0.05, 0.1) is 30.6 Å². The molecule has 1 aromatic heterocycles. The van der Waals surface area contributed by atoms with Gasteiger partial charge in [0.1, 0.15) is 11.4 Å². The maximum Gasteiger partial charge on any atom is 0.410 e. The molecule has 3 aromatic rings. The zero-order valence-electron chi connectivity index (χ0n) is 26.4. The van der Waals surface area contributed by atoms with E-state index in [1.54, 1.807) is 4.90 Å². The molecule has 230 valence electrons. The van der Waals surface area contributed by atoms with E-state index in [1.165, 1.54) is 32.8 Å². The highest BCUT2D eigenvalue weighted by atomic mass is 16.6. The summed E-state index contributed by atoms with van der Waals surface area (Å²) in [6, 6.07) is 12.2. The van der Waals surface area contributed by atoms with E-state index in [-0.39, 0.29) is 18.1 Å². The second kappa shape index (κ2) is 12.1. The van der Waals surface area contributed by atoms with Crippen LogP contribution in [0.3, 0.4) is 0 Å². The predicted molar refractivity (Wildman–Crippen MR) is 173 cm³/mol. The fraction of sp³-hybridized carbons (Fsp3) is 0.444. The first-order valence-corrected chi connectivity index (χ1v) is 15.8. The third kappa shape index (κ3) is 6.07. The number of imidazole rings is 1. The van der Waals surface area contributed by atoms with Gasteiger partial charge in [-0.15, -0.1) is 0 Å². The van der Waals surface area contributed by atoms with Crippen molar-refractivity contribution in [2.45, 2.75) is 90.2 Å². The first kappa shape index (κ1) is 29.9. The molecule has 8 heteroatoms. The number of hydrogen-bond acceptors (Lipinski definition) is 6. The SMILES string of the molecule is COC(=O)c1cc(C2=CN=C([C@@H]3CCCN3C(=O)OC(C)(C)C)C2)ccc1-c1ccc(-c2cnc(C3CCCC3)[nH]2)cc1C. The van der Waals surface area contributed by atoms with E-state index in [4.69, 9.17) is 14.5 Å². The van der Waals surface area contributed by atoms with Crippen molar-refractivity contribution < 1.29 is 19.1 Å². The van der Waals surface area contributed by atoms with E-state index in [2.05, 4.69) is 35.1 Å². The molecule has 3 aliphatic rings. The number of benzene rings is 2. The molecule has 6 rings (SSSR count). The van der Waals surface area contributed by atoms with Gasteiger partial charge < -0.3 is 14.5 Å². The van der Waals surface area contributed by atoms with E-state index in [9.17, 15) is 9.59 Å². The number of aryl methyl sites for hydroxylation is 1. The number of carbonyl (C=O) groups excluding carboxylic acids is 2. The quantitative estimate of drug-likeness (QED) is 0.291. The summed E-state index contributed by atoms with van der Waals surface area (Å²) in [4.78, 5) is 40.7. The van der Waals surface area contributed by atoms with Crippen LogP contribution in [-0.4, -0.2) is 57.9 Å². The third-order valence-corrected chi connectivity index (χ3v) is 8.98. The Morgan fingerprint density at radius 2 is 1.73 bits per heavy atom. The molecule has 0 unspecified atom stereocenters. The van der Waals surface area contributed by atoms with Crippen molar-refractivity contribution in [2.24, 2.45) is 4.99 Å². The van der Waals surface area contributed by atoms with Crippen LogP contribution in [0.2, 0.25) is 0 Å². The van der Waals surface area contributed by atoms with Crippen LogP contribution in [0.1, 0.15) is 98.9 Å². The number of methoxy groups -OCH3 is 1. The molecular weight excluding hydrogens is 552 g/mol. The maximum atomic E-state index is 13.1. The van der Waals surface area contributed by atoms with E-state index >= 15 is 0 Å². The monoisotopic (exact) mass is 594 g/mol. The number of hydrogen-bond donors (Lipinski definition) is 1. The van der Waals surface area contributed by atoms with Gasteiger partial charge in [0.15, 0.2) is 0 Å². The predicted octanol–water partition coefficient (Wildman–Crippen LogP) is 8.08. The number of nitrogens with zero attached hydrogens (tertiary/aromatic N) is 3. The number of aliphatic imine (C=N–C) groups is 1. The Morgan fingerprint density at radius 1 is 0.977 bits per heavy atom. The second-order valence-corrected chi connectivity index (χ2v) is 13.2. The van der Waals surface area contributed by atoms with Crippen LogP contribution in [0.15, 0.2) is 53.8 Å². The van der Waals surface area contributed by atoms with E-state index in [0.717, 1.165) is 63.5 Å². The molecule has 44 heavy (non-hydrogen) atoms. The van der Waals surface area contributed by atoms with E-state index in [0.29, 0.717) is 24.4 Å². The topological polar surface area (TPSA) is 96.9 Å². The summed E-state index contributed by atoms with van der Waals surface area (Å²) in [6.07, 6.45) is 10.8. The highest BCUT2D eigenvalue weighted by Gasteiger charge is 2.36. The number of nitrogens with one attached hydrogen (secondary N) is 1. The lowest BCUT2D eigenvalue weighted by atomic mass is 9.90. The Bertz CT molecular complexity index is 1640. The molecule has 3 heterocycles. The van der Waals surface area contributed by atoms with Crippen molar-refractivity contribution in [1.82, 2.24) is 14.9 Å². The van der Waals surface area contributed by atoms with Crippen LogP contribution in [-0.2, 0) is 9.47 Å². The first-order chi connectivity index (χ1) is 21.1. The highest BCUT2D eigenvalue weighted by molar-refractivity contribution is 6.04. The van der Waals surface area contributed by atoms with Gasteiger partial charge >= 0.3 is 12.1 Å². The van der Waals surface area contributed by atoms with Gasteiger partial charge in [0.25, 0.3) is 0 Å². The number of likely N-dealkylation sites (tertiary alicyclic amines) is 1. The summed E-state index contributed by atoms with van der Waals surface area (Å²) in [7, 11) is 1.41. The summed E-state index contributed by atoms with van der Waals surface area (Å²) in [5, 5.41) is 0. The number of ether oxygens (including phenoxy) is 2. The van der Waals surface area contributed by atoms with Crippen LogP contribution < -0.4 is 0 Å². The van der Waals surface area contributed by atoms with Crippen molar-refractivity contribution in [3.63, 3.8) is 0 Å². The highest BCUT2D eigenvalue weighted by Crippen LogP contribution is 2.37. The summed E-state index contributed by atoms with van der Waals surface area (Å²) < 4.78 is 10.9. The van der Waals surface area contributed by atoms with Crippen LogP contribution in [0.5, 0.6) is 0 Å². The third-order valence-electron chi connectivity index (χ3n) is 8.98. The van der Waals surface area contributed by atoms with E-state index < -0.39 is 5.60 Å². The number of amides is 1. The molecule has 1 atom stereocenters. The molecule has 8 nitrogen and oxygen atoms in total. The van der Waals surface area contributed by atoms with Crippen molar-refractivity contribution in [1.29, 1.82) is 0 Å². The molecule has 2 aromatic carbocycles. The van der Waals surface area contributed by atoms with Gasteiger partial charge in [0, 0.05) is 30.8 Å². The smallest absolute Gasteiger partial charge is 0.410 e. The van der Waals surface area contributed by atoms with Gasteiger partial charge in [0.2, 0.25) is 0 Å². The zero-order valence-corrected chi connectivity index (χ0v) is 26.4. The standard InChI is InChI=1S/C36H42N4O4/c1-22-17-25(31-21-38-33(39-31)23-9-6-7-10-23)13-14-27(22)28-15-12-24(18-29(28)34(41)43-5)26-19-30(37-20-26)32-11-8-16-40(32)35(42)44-36(2,3)4/h12-15,17-18,20-21,23,32H,6-11,16,19H2,1-5H3,(H,38,39)/t32-/m0/s1. The number of aromatic nitrogens is 2. The number of aromatic amines is 1. The Labute approximate surface area is 259 Å². The maximum absolute atomic E-state index is 13.1. The molecule has 1 saturated heterocycles. The molecule has 0 radical (unpaired) electrons. The Hall–Kier alpha value is -4.20. The molecule has 1 N–H and O–H groups in total. The molecule has 2 aliphatic heterocycles. The fourth-order valence-corrected chi connectivity index (χ4v) is 6.76. The minimum atomic E-state index is -0.548. The number of carbonyl (C=O) groups is 2. The Kier molecular flexibility index (Phi) is 8.18.